The van der Waals surface area contributed by atoms with Crippen molar-refractivity contribution in [2.75, 3.05) is 6.61 Å². The molecule has 3 nitrogen and oxygen atoms in total. The molecule has 1 rings (SSSR count). The maximum Gasteiger partial charge on any atom is 0.122 e. The molecular weight excluding hydrogens is 188 g/mol. The molecule has 0 unspecified atom stereocenters. The van der Waals surface area contributed by atoms with E-state index in [-0.39, 0.29) is 5.84 Å². The zero-order valence-corrected chi connectivity index (χ0v) is 9.50. The zero-order valence-electron chi connectivity index (χ0n) is 9.50. The van der Waals surface area contributed by atoms with Gasteiger partial charge in [-0.3, -0.25) is 5.41 Å². The molecular formula is C12H18N2O. The van der Waals surface area contributed by atoms with Crippen molar-refractivity contribution in [3.8, 4) is 5.75 Å². The fourth-order valence-electron chi connectivity index (χ4n) is 1.24. The summed E-state index contributed by atoms with van der Waals surface area (Å²) in [6, 6.07) is 5.55. The molecule has 0 aliphatic carbocycles. The summed E-state index contributed by atoms with van der Waals surface area (Å²) in [5.74, 6) is 1.47. The van der Waals surface area contributed by atoms with E-state index in [4.69, 9.17) is 15.9 Å². The summed E-state index contributed by atoms with van der Waals surface area (Å²) in [5, 5.41) is 7.31. The third-order valence-electron chi connectivity index (χ3n) is 2.06. The fourth-order valence-corrected chi connectivity index (χ4v) is 1.24. The summed E-state index contributed by atoms with van der Waals surface area (Å²) in [4.78, 5) is 0. The monoisotopic (exact) mass is 206 g/mol. The Morgan fingerprint density at radius 2 is 2.13 bits per heavy atom. The quantitative estimate of drug-likeness (QED) is 0.586. The summed E-state index contributed by atoms with van der Waals surface area (Å²) in [5.41, 5.74) is 7.15. The fraction of sp³-hybridized carbons (Fsp3) is 0.417. The maximum absolute atomic E-state index is 7.31. The van der Waals surface area contributed by atoms with Gasteiger partial charge in [0.1, 0.15) is 11.6 Å². The lowest BCUT2D eigenvalue weighted by Crippen LogP contribution is -2.11. The normalized spacial score (nSPS) is 10.4. The van der Waals surface area contributed by atoms with Gasteiger partial charge in [0.25, 0.3) is 0 Å². The number of hydrogen-bond acceptors (Lipinski definition) is 2. The highest BCUT2D eigenvalue weighted by Gasteiger charge is 2.03. The summed E-state index contributed by atoms with van der Waals surface area (Å²) >= 11 is 0. The molecule has 0 aromatic heterocycles. The van der Waals surface area contributed by atoms with Gasteiger partial charge in [-0.25, -0.2) is 0 Å². The van der Waals surface area contributed by atoms with Crippen molar-refractivity contribution in [2.24, 2.45) is 11.7 Å². The van der Waals surface area contributed by atoms with Crippen LogP contribution in [0.1, 0.15) is 25.0 Å². The highest BCUT2D eigenvalue weighted by Crippen LogP contribution is 2.19. The van der Waals surface area contributed by atoms with E-state index in [1.165, 1.54) is 0 Å². The van der Waals surface area contributed by atoms with E-state index in [9.17, 15) is 0 Å². The van der Waals surface area contributed by atoms with E-state index in [2.05, 4.69) is 13.8 Å². The third-order valence-corrected chi connectivity index (χ3v) is 2.06. The van der Waals surface area contributed by atoms with Crippen LogP contribution in [0.3, 0.4) is 0 Å². The lowest BCUT2D eigenvalue weighted by atomic mass is 10.1. The number of amidine groups is 1. The second-order valence-corrected chi connectivity index (χ2v) is 4.10. The number of nitrogens with one attached hydrogen (secondary N) is 1. The molecule has 0 heterocycles. The molecule has 0 fully saturated rings. The van der Waals surface area contributed by atoms with Crippen molar-refractivity contribution in [2.45, 2.75) is 20.8 Å². The minimum absolute atomic E-state index is 0.0912. The summed E-state index contributed by atoms with van der Waals surface area (Å²) in [6.07, 6.45) is 0. The Bertz CT molecular complexity index is 359. The molecule has 1 aromatic carbocycles. The largest absolute Gasteiger partial charge is 0.493 e. The van der Waals surface area contributed by atoms with Gasteiger partial charge in [0, 0.05) is 5.56 Å². The van der Waals surface area contributed by atoms with E-state index >= 15 is 0 Å². The van der Waals surface area contributed by atoms with Gasteiger partial charge < -0.3 is 10.5 Å². The van der Waals surface area contributed by atoms with E-state index in [0.717, 1.165) is 16.9 Å². The summed E-state index contributed by atoms with van der Waals surface area (Å²) < 4.78 is 5.62. The number of ether oxygens (including phenoxy) is 1. The molecule has 82 valence electrons. The highest BCUT2D eigenvalue weighted by atomic mass is 16.5. The lowest BCUT2D eigenvalue weighted by Gasteiger charge is -2.11. The third kappa shape index (κ3) is 3.27. The molecule has 0 atom stereocenters. The van der Waals surface area contributed by atoms with Crippen LogP contribution in [0.5, 0.6) is 5.75 Å². The van der Waals surface area contributed by atoms with Gasteiger partial charge in [-0.1, -0.05) is 13.8 Å². The van der Waals surface area contributed by atoms with E-state index < -0.39 is 0 Å². The molecule has 0 aliphatic heterocycles. The second-order valence-electron chi connectivity index (χ2n) is 4.10. The van der Waals surface area contributed by atoms with Crippen molar-refractivity contribution in [3.63, 3.8) is 0 Å². The molecule has 3 N–H and O–H groups in total. The minimum atomic E-state index is 0.0912. The second kappa shape index (κ2) is 4.82. The van der Waals surface area contributed by atoms with Gasteiger partial charge in [0.05, 0.1) is 6.61 Å². The van der Waals surface area contributed by atoms with Crippen LogP contribution in [0, 0.1) is 18.3 Å². The number of hydrogen-bond donors (Lipinski definition) is 2. The number of aryl methyl sites for hydroxylation is 1. The Kier molecular flexibility index (Phi) is 3.72. The Balaban J connectivity index is 2.79. The van der Waals surface area contributed by atoms with Crippen LogP contribution in [0.15, 0.2) is 18.2 Å². The Morgan fingerprint density at radius 1 is 1.47 bits per heavy atom. The molecule has 3 heteroatoms. The molecule has 0 radical (unpaired) electrons. The van der Waals surface area contributed by atoms with Crippen LogP contribution in [-0.2, 0) is 0 Å². The maximum atomic E-state index is 7.31. The van der Waals surface area contributed by atoms with Crippen LogP contribution < -0.4 is 10.5 Å². The van der Waals surface area contributed by atoms with Crippen LogP contribution >= 0.6 is 0 Å². The van der Waals surface area contributed by atoms with Crippen molar-refractivity contribution in [3.05, 3.63) is 29.3 Å². The van der Waals surface area contributed by atoms with Gasteiger partial charge in [-0.2, -0.15) is 0 Å². The number of nitrogens with two attached hydrogens (primary N) is 1. The van der Waals surface area contributed by atoms with Gasteiger partial charge in [-0.15, -0.1) is 0 Å². The number of nitrogen functional groups attached to an aromatic ring is 1. The van der Waals surface area contributed by atoms with Gasteiger partial charge in [0.15, 0.2) is 0 Å². The van der Waals surface area contributed by atoms with Crippen LogP contribution in [0.25, 0.3) is 0 Å². The SMILES string of the molecule is Cc1cc(C(=N)N)ccc1OCC(C)C. The molecule has 0 bridgehead atoms. The minimum Gasteiger partial charge on any atom is -0.493 e. The zero-order chi connectivity index (χ0) is 11.4. The average molecular weight is 206 g/mol. The molecule has 1 aromatic rings. The summed E-state index contributed by atoms with van der Waals surface area (Å²) in [7, 11) is 0. The first-order valence-corrected chi connectivity index (χ1v) is 5.08. The predicted octanol–water partition coefficient (Wildman–Crippen LogP) is 2.31. The van der Waals surface area contributed by atoms with Crippen LogP contribution in [0.4, 0.5) is 0 Å². The number of rotatable bonds is 4. The van der Waals surface area contributed by atoms with E-state index in [1.807, 2.05) is 25.1 Å². The molecule has 0 aliphatic rings. The predicted molar refractivity (Wildman–Crippen MR) is 62.5 cm³/mol. The molecule has 0 amide bonds. The molecule has 0 saturated carbocycles. The first-order chi connectivity index (χ1) is 7.00. The molecule has 0 saturated heterocycles. The van der Waals surface area contributed by atoms with Gasteiger partial charge in [-0.05, 0) is 36.6 Å². The van der Waals surface area contributed by atoms with Gasteiger partial charge >= 0.3 is 0 Å². The smallest absolute Gasteiger partial charge is 0.122 e. The molecule has 0 spiro atoms. The van der Waals surface area contributed by atoms with E-state index in [0.29, 0.717) is 12.5 Å². The Labute approximate surface area is 90.8 Å². The van der Waals surface area contributed by atoms with Gasteiger partial charge in [0.2, 0.25) is 0 Å². The van der Waals surface area contributed by atoms with Crippen LogP contribution in [0.2, 0.25) is 0 Å². The standard InChI is InChI=1S/C12H18N2O/c1-8(2)7-15-11-5-4-10(12(13)14)6-9(11)3/h4-6,8H,7H2,1-3H3,(H3,13,14). The molecule has 15 heavy (non-hydrogen) atoms. The van der Waals surface area contributed by atoms with Crippen molar-refractivity contribution in [1.29, 1.82) is 5.41 Å². The average Bonchev–Trinajstić information content (AvgIpc) is 2.15. The first kappa shape index (κ1) is 11.6. The van der Waals surface area contributed by atoms with Crippen molar-refractivity contribution in [1.82, 2.24) is 0 Å². The lowest BCUT2D eigenvalue weighted by molar-refractivity contribution is 0.269. The highest BCUT2D eigenvalue weighted by molar-refractivity contribution is 5.95. The first-order valence-electron chi connectivity index (χ1n) is 5.08. The van der Waals surface area contributed by atoms with Crippen LogP contribution in [-0.4, -0.2) is 12.4 Å². The van der Waals surface area contributed by atoms with E-state index in [1.54, 1.807) is 0 Å². The topological polar surface area (TPSA) is 59.1 Å². The summed E-state index contributed by atoms with van der Waals surface area (Å²) in [6.45, 7) is 6.89. The Morgan fingerprint density at radius 3 is 2.60 bits per heavy atom. The van der Waals surface area contributed by atoms with Crippen molar-refractivity contribution < 1.29 is 4.74 Å². The number of benzene rings is 1. The van der Waals surface area contributed by atoms with Crippen molar-refractivity contribution >= 4 is 5.84 Å². The Hall–Kier alpha value is -1.51.